The second-order valence-corrected chi connectivity index (χ2v) is 5.90. The van der Waals surface area contributed by atoms with Gasteiger partial charge in [-0.2, -0.15) is 13.2 Å². The Balaban J connectivity index is 0.00000208. The van der Waals surface area contributed by atoms with E-state index in [9.17, 15) is 18.3 Å². The van der Waals surface area contributed by atoms with Crippen molar-refractivity contribution in [3.8, 4) is 0 Å². The number of imidazole rings is 1. The molecule has 1 aliphatic rings. The van der Waals surface area contributed by atoms with E-state index in [1.165, 1.54) is 6.07 Å². The molecule has 5 nitrogen and oxygen atoms in total. The first-order chi connectivity index (χ1) is 10.9. The Kier molecular flexibility index (Phi) is 5.74. The summed E-state index contributed by atoms with van der Waals surface area (Å²) in [6.45, 7) is 2.42. The van der Waals surface area contributed by atoms with Crippen LogP contribution in [0.25, 0.3) is 11.0 Å². The summed E-state index contributed by atoms with van der Waals surface area (Å²) in [5.74, 6) is 0.807. The average Bonchev–Trinajstić information content (AvgIpc) is 3.03. The van der Waals surface area contributed by atoms with Crippen molar-refractivity contribution >= 4 is 23.4 Å². The molecule has 2 atom stereocenters. The van der Waals surface area contributed by atoms with E-state index in [0.717, 1.165) is 18.7 Å². The fourth-order valence-electron chi connectivity index (χ4n) is 2.88. The number of hydrogen-bond donors (Lipinski definition) is 3. The van der Waals surface area contributed by atoms with Crippen molar-refractivity contribution in [1.82, 2.24) is 20.2 Å². The SMILES string of the molecule is Cl.Cn1c(CNCC2CNCC2O)nc2cc(C(F)(F)F)ccc21. The Morgan fingerprint density at radius 3 is 2.75 bits per heavy atom. The first-order valence-corrected chi connectivity index (χ1v) is 7.48. The van der Waals surface area contributed by atoms with Crippen LogP contribution in [0, 0.1) is 5.92 Å². The Labute approximate surface area is 143 Å². The van der Waals surface area contributed by atoms with Crippen LogP contribution in [0.1, 0.15) is 11.4 Å². The summed E-state index contributed by atoms with van der Waals surface area (Å²) in [7, 11) is 1.78. The number of fused-ring (bicyclic) bond motifs is 1. The number of halogens is 4. The van der Waals surface area contributed by atoms with Gasteiger partial charge in [-0.1, -0.05) is 0 Å². The second kappa shape index (κ2) is 7.26. The molecule has 2 unspecified atom stereocenters. The quantitative estimate of drug-likeness (QED) is 0.772. The van der Waals surface area contributed by atoms with Gasteiger partial charge in [-0.05, 0) is 18.2 Å². The maximum atomic E-state index is 12.8. The summed E-state index contributed by atoms with van der Waals surface area (Å²) in [6.07, 6.45) is -4.73. The van der Waals surface area contributed by atoms with E-state index in [1.54, 1.807) is 11.6 Å². The van der Waals surface area contributed by atoms with Crippen molar-refractivity contribution in [1.29, 1.82) is 0 Å². The number of alkyl halides is 3. The molecular weight excluding hydrogens is 345 g/mol. The van der Waals surface area contributed by atoms with E-state index in [2.05, 4.69) is 15.6 Å². The van der Waals surface area contributed by atoms with Crippen LogP contribution in [0.4, 0.5) is 13.2 Å². The van der Waals surface area contributed by atoms with E-state index in [0.29, 0.717) is 36.5 Å². The van der Waals surface area contributed by atoms with Gasteiger partial charge in [0.05, 0.1) is 29.2 Å². The van der Waals surface area contributed by atoms with Gasteiger partial charge in [-0.15, -0.1) is 12.4 Å². The minimum Gasteiger partial charge on any atom is -0.391 e. The van der Waals surface area contributed by atoms with E-state index < -0.39 is 11.7 Å². The molecule has 0 amide bonds. The largest absolute Gasteiger partial charge is 0.416 e. The molecule has 9 heteroatoms. The summed E-state index contributed by atoms with van der Waals surface area (Å²) >= 11 is 0. The molecule has 2 aromatic rings. The predicted octanol–water partition coefficient (Wildman–Crippen LogP) is 1.68. The topological polar surface area (TPSA) is 62.1 Å². The molecule has 1 fully saturated rings. The maximum absolute atomic E-state index is 12.8. The molecule has 134 valence electrons. The lowest BCUT2D eigenvalue weighted by atomic mass is 10.1. The molecule has 0 radical (unpaired) electrons. The number of β-amino-alcohol motifs (C(OH)–C–C–N with tert-alkyl or cyclic N) is 1. The normalized spacial score (nSPS) is 21.2. The number of rotatable bonds is 4. The van der Waals surface area contributed by atoms with Crippen LogP contribution < -0.4 is 10.6 Å². The first-order valence-electron chi connectivity index (χ1n) is 7.48. The molecule has 0 spiro atoms. The van der Waals surface area contributed by atoms with Crippen molar-refractivity contribution in [3.05, 3.63) is 29.6 Å². The van der Waals surface area contributed by atoms with Crippen LogP contribution in [0.3, 0.4) is 0 Å². The molecule has 1 saturated heterocycles. The van der Waals surface area contributed by atoms with Crippen molar-refractivity contribution in [3.63, 3.8) is 0 Å². The van der Waals surface area contributed by atoms with Crippen LogP contribution in [-0.2, 0) is 19.8 Å². The smallest absolute Gasteiger partial charge is 0.391 e. The lowest BCUT2D eigenvalue weighted by Gasteiger charge is -2.13. The number of nitrogens with one attached hydrogen (secondary N) is 2. The average molecular weight is 365 g/mol. The standard InChI is InChI=1S/C15H19F3N4O.ClH/c1-22-12-3-2-10(15(16,17)18)4-11(12)21-14(22)8-20-6-9-5-19-7-13(9)23;/h2-4,9,13,19-20,23H,5-8H2,1H3;1H. The molecule has 2 heterocycles. The van der Waals surface area contributed by atoms with Gasteiger partial charge in [-0.3, -0.25) is 0 Å². The van der Waals surface area contributed by atoms with Crippen LogP contribution in [0.5, 0.6) is 0 Å². The molecule has 1 aliphatic heterocycles. The number of aromatic nitrogens is 2. The fraction of sp³-hybridized carbons (Fsp3) is 0.533. The predicted molar refractivity (Wildman–Crippen MR) is 87.0 cm³/mol. The summed E-state index contributed by atoms with van der Waals surface area (Å²) in [4.78, 5) is 4.29. The zero-order valence-corrected chi connectivity index (χ0v) is 13.9. The van der Waals surface area contributed by atoms with Gasteiger partial charge in [0.25, 0.3) is 0 Å². The number of benzene rings is 1. The summed E-state index contributed by atoms with van der Waals surface area (Å²) in [6, 6.07) is 3.59. The number of hydrogen-bond acceptors (Lipinski definition) is 4. The third-order valence-corrected chi connectivity index (χ3v) is 4.29. The molecule has 3 N–H and O–H groups in total. The summed E-state index contributed by atoms with van der Waals surface area (Å²) < 4.78 is 40.1. The first kappa shape index (κ1) is 19.0. The van der Waals surface area contributed by atoms with Crippen LogP contribution >= 0.6 is 12.4 Å². The highest BCUT2D eigenvalue weighted by Crippen LogP contribution is 2.31. The molecule has 24 heavy (non-hydrogen) atoms. The van der Waals surface area contributed by atoms with Gasteiger partial charge in [0.2, 0.25) is 0 Å². The van der Waals surface area contributed by atoms with E-state index >= 15 is 0 Å². The Bertz CT molecular complexity index is 704. The zero-order chi connectivity index (χ0) is 16.6. The monoisotopic (exact) mass is 364 g/mol. The highest BCUT2D eigenvalue weighted by atomic mass is 35.5. The van der Waals surface area contributed by atoms with E-state index in [4.69, 9.17) is 0 Å². The number of nitrogens with zero attached hydrogens (tertiary/aromatic N) is 2. The van der Waals surface area contributed by atoms with Crippen molar-refractivity contribution in [2.45, 2.75) is 18.8 Å². The molecular formula is C15H20ClF3N4O. The third-order valence-electron chi connectivity index (χ3n) is 4.29. The van der Waals surface area contributed by atoms with Gasteiger partial charge in [0.15, 0.2) is 0 Å². The summed E-state index contributed by atoms with van der Waals surface area (Å²) in [5, 5.41) is 16.1. The number of aryl methyl sites for hydroxylation is 1. The highest BCUT2D eigenvalue weighted by Gasteiger charge is 2.31. The lowest BCUT2D eigenvalue weighted by Crippen LogP contribution is -2.30. The van der Waals surface area contributed by atoms with Crippen LogP contribution in [0.2, 0.25) is 0 Å². The highest BCUT2D eigenvalue weighted by molar-refractivity contribution is 5.85. The molecule has 3 rings (SSSR count). The van der Waals surface area contributed by atoms with Gasteiger partial charge in [0.1, 0.15) is 5.82 Å². The zero-order valence-electron chi connectivity index (χ0n) is 13.1. The summed E-state index contributed by atoms with van der Waals surface area (Å²) in [5.41, 5.74) is 0.307. The Morgan fingerprint density at radius 1 is 1.38 bits per heavy atom. The molecule has 0 bridgehead atoms. The molecule has 1 aromatic heterocycles. The third kappa shape index (κ3) is 3.83. The van der Waals surface area contributed by atoms with Gasteiger partial charge in [-0.25, -0.2) is 4.98 Å². The number of aliphatic hydroxyl groups excluding tert-OH is 1. The minimum atomic E-state index is -4.37. The van der Waals surface area contributed by atoms with Gasteiger partial charge < -0.3 is 20.3 Å². The van der Waals surface area contributed by atoms with Crippen molar-refractivity contribution < 1.29 is 18.3 Å². The Hall–Kier alpha value is -1.35. The fourth-order valence-corrected chi connectivity index (χ4v) is 2.88. The Morgan fingerprint density at radius 2 is 2.12 bits per heavy atom. The van der Waals surface area contributed by atoms with Crippen LogP contribution in [-0.4, -0.2) is 40.4 Å². The second-order valence-electron chi connectivity index (χ2n) is 5.90. The maximum Gasteiger partial charge on any atom is 0.416 e. The van der Waals surface area contributed by atoms with Crippen molar-refractivity contribution in [2.75, 3.05) is 19.6 Å². The molecule has 1 aromatic carbocycles. The van der Waals surface area contributed by atoms with Gasteiger partial charge >= 0.3 is 6.18 Å². The van der Waals surface area contributed by atoms with Crippen molar-refractivity contribution in [2.24, 2.45) is 13.0 Å². The van der Waals surface area contributed by atoms with Gasteiger partial charge in [0, 0.05) is 32.6 Å². The lowest BCUT2D eigenvalue weighted by molar-refractivity contribution is -0.137. The van der Waals surface area contributed by atoms with E-state index in [-0.39, 0.29) is 24.4 Å². The number of aliphatic hydroxyl groups is 1. The molecule has 0 saturated carbocycles. The minimum absolute atomic E-state index is 0. The van der Waals surface area contributed by atoms with Crippen LogP contribution in [0.15, 0.2) is 18.2 Å². The molecule has 0 aliphatic carbocycles. The van der Waals surface area contributed by atoms with E-state index in [1.807, 2.05) is 0 Å².